The maximum absolute atomic E-state index is 10.9. The van der Waals surface area contributed by atoms with Crippen LogP contribution in [0.15, 0.2) is 72.8 Å². The molecule has 2 atom stereocenters. The van der Waals surface area contributed by atoms with E-state index in [0.29, 0.717) is 24.0 Å². The normalized spacial score (nSPS) is 17.9. The number of phenols is 1. The number of halogens is 1. The van der Waals surface area contributed by atoms with E-state index in [0.717, 1.165) is 28.1 Å². The van der Waals surface area contributed by atoms with Gasteiger partial charge in [0, 0.05) is 17.3 Å². The summed E-state index contributed by atoms with van der Waals surface area (Å²) in [5.41, 5.74) is 3.77. The van der Waals surface area contributed by atoms with Crippen molar-refractivity contribution in [3.8, 4) is 17.2 Å². The van der Waals surface area contributed by atoms with E-state index in [1.165, 1.54) is 0 Å². The van der Waals surface area contributed by atoms with Gasteiger partial charge in [-0.05, 0) is 67.9 Å². The molecule has 0 saturated carbocycles. The lowest BCUT2D eigenvalue weighted by atomic mass is 9.97. The van der Waals surface area contributed by atoms with E-state index >= 15 is 0 Å². The topological polar surface area (TPSA) is 67.3 Å². The molecular weight excluding hydrogens is 424 g/mol. The van der Waals surface area contributed by atoms with Crippen LogP contribution in [0.4, 0.5) is 0 Å². The largest absolute Gasteiger partial charge is 0.504 e. The van der Waals surface area contributed by atoms with Gasteiger partial charge in [0.15, 0.2) is 17.7 Å². The van der Waals surface area contributed by atoms with Crippen molar-refractivity contribution in [3.05, 3.63) is 94.5 Å². The molecule has 166 valence electrons. The number of benzene rings is 3. The maximum atomic E-state index is 10.9. The van der Waals surface area contributed by atoms with Crippen molar-refractivity contribution in [1.29, 1.82) is 0 Å². The fraction of sp³-hybridized carbons (Fsp3) is 0.231. The molecule has 0 saturated heterocycles. The second kappa shape index (κ2) is 9.98. The summed E-state index contributed by atoms with van der Waals surface area (Å²) in [5.74, 6) is 1.49. The summed E-state index contributed by atoms with van der Waals surface area (Å²) in [6, 6.07) is 21.3. The molecule has 1 aliphatic heterocycles. The van der Waals surface area contributed by atoms with Gasteiger partial charge in [0.2, 0.25) is 0 Å². The molecule has 0 amide bonds. The van der Waals surface area contributed by atoms with Crippen molar-refractivity contribution in [3.63, 3.8) is 0 Å². The number of rotatable bonds is 7. The average molecular weight is 452 g/mol. The van der Waals surface area contributed by atoms with Crippen LogP contribution in [0.5, 0.6) is 17.2 Å². The highest BCUT2D eigenvalue weighted by atomic mass is 35.5. The third-order valence-corrected chi connectivity index (χ3v) is 5.81. The van der Waals surface area contributed by atoms with Crippen LogP contribution in [0.3, 0.4) is 0 Å². The predicted molar refractivity (Wildman–Crippen MR) is 127 cm³/mol. The Labute approximate surface area is 193 Å². The second-order valence-corrected chi connectivity index (χ2v) is 7.93. The molecule has 0 bridgehead atoms. The number of para-hydroxylation sites is 1. The SMILES string of the molecule is CCOc1ccc(C2=CC(c3cccc(OCC)c3O)[NH2+]C(c3ccccc3Cl)N2)cc1. The minimum Gasteiger partial charge on any atom is -0.504 e. The van der Waals surface area contributed by atoms with Gasteiger partial charge in [0.1, 0.15) is 11.8 Å². The van der Waals surface area contributed by atoms with E-state index in [4.69, 9.17) is 21.1 Å². The Morgan fingerprint density at radius 1 is 0.906 bits per heavy atom. The van der Waals surface area contributed by atoms with Crippen LogP contribution in [0.25, 0.3) is 5.70 Å². The van der Waals surface area contributed by atoms with E-state index in [1.54, 1.807) is 6.07 Å². The molecular formula is C26H28ClN2O3+. The maximum Gasteiger partial charge on any atom is 0.188 e. The van der Waals surface area contributed by atoms with Gasteiger partial charge in [0.25, 0.3) is 0 Å². The predicted octanol–water partition coefficient (Wildman–Crippen LogP) is 4.79. The molecule has 0 aliphatic carbocycles. The van der Waals surface area contributed by atoms with Crippen molar-refractivity contribution >= 4 is 17.3 Å². The summed E-state index contributed by atoms with van der Waals surface area (Å²) >= 11 is 6.53. The number of nitrogens with two attached hydrogens (primary N) is 1. The highest BCUT2D eigenvalue weighted by Crippen LogP contribution is 2.36. The first kappa shape index (κ1) is 22.1. The zero-order valence-corrected chi connectivity index (χ0v) is 19.0. The molecule has 5 nitrogen and oxygen atoms in total. The lowest BCUT2D eigenvalue weighted by Crippen LogP contribution is -2.89. The molecule has 3 aromatic carbocycles. The van der Waals surface area contributed by atoms with Gasteiger partial charge in [-0.2, -0.15) is 0 Å². The van der Waals surface area contributed by atoms with E-state index in [2.05, 4.69) is 16.7 Å². The fourth-order valence-corrected chi connectivity index (χ4v) is 4.22. The number of nitrogens with one attached hydrogen (secondary N) is 1. The van der Waals surface area contributed by atoms with Crippen LogP contribution in [0, 0.1) is 0 Å². The summed E-state index contributed by atoms with van der Waals surface area (Å²) in [6.07, 6.45) is 1.99. The molecule has 0 fully saturated rings. The summed E-state index contributed by atoms with van der Waals surface area (Å²) in [7, 11) is 0. The van der Waals surface area contributed by atoms with Gasteiger partial charge in [-0.3, -0.25) is 0 Å². The Balaban J connectivity index is 1.75. The fourth-order valence-electron chi connectivity index (χ4n) is 3.97. The highest BCUT2D eigenvalue weighted by molar-refractivity contribution is 6.31. The zero-order chi connectivity index (χ0) is 22.5. The van der Waals surface area contributed by atoms with Gasteiger partial charge < -0.3 is 25.2 Å². The minimum atomic E-state index is -0.139. The Hall–Kier alpha value is -3.15. The number of aromatic hydroxyl groups is 1. The summed E-state index contributed by atoms with van der Waals surface area (Å²) < 4.78 is 11.2. The Morgan fingerprint density at radius 3 is 2.34 bits per heavy atom. The number of phenolic OH excluding ortho intramolecular Hbond substituents is 1. The number of hydrogen-bond donors (Lipinski definition) is 3. The van der Waals surface area contributed by atoms with Crippen LogP contribution in [-0.4, -0.2) is 18.3 Å². The molecule has 6 heteroatoms. The van der Waals surface area contributed by atoms with Crippen LogP contribution >= 0.6 is 11.6 Å². The summed E-state index contributed by atoms with van der Waals surface area (Å²) in [4.78, 5) is 0. The van der Waals surface area contributed by atoms with Crippen LogP contribution < -0.4 is 20.1 Å². The quantitative estimate of drug-likeness (QED) is 0.483. The van der Waals surface area contributed by atoms with E-state index in [1.807, 2.05) is 74.5 Å². The Morgan fingerprint density at radius 2 is 1.62 bits per heavy atom. The zero-order valence-electron chi connectivity index (χ0n) is 18.2. The Bertz CT molecular complexity index is 1100. The molecule has 1 heterocycles. The van der Waals surface area contributed by atoms with Crippen molar-refractivity contribution < 1.29 is 19.9 Å². The third kappa shape index (κ3) is 4.69. The standard InChI is InChI=1S/C26H27ClN2O3/c1-3-31-18-14-12-17(13-15-18)22-16-23(20-9-7-11-24(25(20)30)32-4-2)29-26(28-22)19-8-5-6-10-21(19)27/h5-16,23,26,28-30H,3-4H2,1-2H3/p+1. The van der Waals surface area contributed by atoms with Crippen LogP contribution in [0.2, 0.25) is 5.02 Å². The van der Waals surface area contributed by atoms with E-state index in [-0.39, 0.29) is 18.0 Å². The molecule has 2 unspecified atom stereocenters. The van der Waals surface area contributed by atoms with Gasteiger partial charge in [0.05, 0.1) is 23.8 Å². The first-order valence-corrected chi connectivity index (χ1v) is 11.2. The molecule has 3 aromatic rings. The number of hydrogen-bond acceptors (Lipinski definition) is 4. The van der Waals surface area contributed by atoms with Crippen molar-refractivity contribution in [2.45, 2.75) is 26.1 Å². The summed E-state index contributed by atoms with van der Waals surface area (Å²) in [5, 5.41) is 17.4. The molecule has 4 rings (SSSR count). The lowest BCUT2D eigenvalue weighted by molar-refractivity contribution is -0.731. The monoisotopic (exact) mass is 451 g/mol. The molecule has 0 aromatic heterocycles. The number of ether oxygens (including phenoxy) is 2. The van der Waals surface area contributed by atoms with E-state index in [9.17, 15) is 5.11 Å². The highest BCUT2D eigenvalue weighted by Gasteiger charge is 2.31. The molecule has 32 heavy (non-hydrogen) atoms. The van der Waals surface area contributed by atoms with Gasteiger partial charge in [-0.25, -0.2) is 0 Å². The lowest BCUT2D eigenvalue weighted by Gasteiger charge is -2.30. The van der Waals surface area contributed by atoms with Crippen molar-refractivity contribution in [2.75, 3.05) is 13.2 Å². The first-order valence-electron chi connectivity index (χ1n) is 10.9. The van der Waals surface area contributed by atoms with Crippen LogP contribution in [0.1, 0.15) is 42.7 Å². The van der Waals surface area contributed by atoms with Crippen LogP contribution in [-0.2, 0) is 0 Å². The van der Waals surface area contributed by atoms with Gasteiger partial charge in [-0.1, -0.05) is 29.8 Å². The Kier molecular flexibility index (Phi) is 6.88. The second-order valence-electron chi connectivity index (χ2n) is 7.53. The van der Waals surface area contributed by atoms with Gasteiger partial charge in [-0.15, -0.1) is 0 Å². The minimum absolute atomic E-state index is 0.129. The molecule has 0 spiro atoms. The van der Waals surface area contributed by atoms with Gasteiger partial charge >= 0.3 is 0 Å². The number of quaternary nitrogens is 1. The van der Waals surface area contributed by atoms with Crippen molar-refractivity contribution in [1.82, 2.24) is 5.32 Å². The molecule has 4 N–H and O–H groups in total. The average Bonchev–Trinajstić information content (AvgIpc) is 2.81. The molecule has 1 aliphatic rings. The van der Waals surface area contributed by atoms with E-state index < -0.39 is 0 Å². The smallest absolute Gasteiger partial charge is 0.188 e. The molecule has 0 radical (unpaired) electrons. The first-order chi connectivity index (χ1) is 15.6. The van der Waals surface area contributed by atoms with Crippen molar-refractivity contribution in [2.24, 2.45) is 0 Å². The summed E-state index contributed by atoms with van der Waals surface area (Å²) in [6.45, 7) is 4.99. The third-order valence-electron chi connectivity index (χ3n) is 5.46.